The fraction of sp³-hybridized carbons (Fsp3) is 0.576. The van der Waals surface area contributed by atoms with Crippen LogP contribution in [0.3, 0.4) is 0 Å². The number of ketones is 1. The molecule has 2 aliphatic heterocycles. The molecule has 56 heavy (non-hydrogen) atoms. The average molecular weight is 814 g/mol. The normalized spacial score (nSPS) is 23.5. The minimum atomic E-state index is -1.76. The highest BCUT2D eigenvalue weighted by Gasteiger charge is 2.48. The van der Waals surface area contributed by atoms with Gasteiger partial charge in [0.25, 0.3) is 0 Å². The molecule has 2 heterocycles. The summed E-state index contributed by atoms with van der Waals surface area (Å²) in [7, 11) is 0. The van der Waals surface area contributed by atoms with Crippen LogP contribution in [0.4, 0.5) is 0 Å². The molecule has 0 spiro atoms. The van der Waals surface area contributed by atoms with Crippen molar-refractivity contribution in [2.24, 2.45) is 11.7 Å². The first-order valence-corrected chi connectivity index (χ1v) is 18.0. The summed E-state index contributed by atoms with van der Waals surface area (Å²) in [5.74, 6) is -9.62. The molecule has 2 saturated heterocycles. The van der Waals surface area contributed by atoms with E-state index in [2.05, 4.69) is 39.2 Å². The molecular formula is C33H47N7O15S. The highest BCUT2D eigenvalue weighted by Crippen LogP contribution is 2.27. The van der Waals surface area contributed by atoms with Crippen LogP contribution in [-0.4, -0.2) is 170 Å². The number of aliphatic carboxylic acids is 1. The van der Waals surface area contributed by atoms with Crippen LogP contribution in [0.1, 0.15) is 24.8 Å². The van der Waals surface area contributed by atoms with Gasteiger partial charge in [0.1, 0.15) is 48.4 Å². The monoisotopic (exact) mass is 813 g/mol. The number of carbonyl (C=O) groups excluding carboxylic acids is 7. The number of thiol groups is 1. The molecule has 1 aromatic carbocycles. The van der Waals surface area contributed by atoms with Crippen molar-refractivity contribution in [3.8, 4) is 5.75 Å². The number of Topliss-reactive ketones (excluding diaryl/α,β-unsaturated/α-hetero) is 1. The average Bonchev–Trinajstić information content (AvgIpc) is 3.67. The number of carboxylic acids is 1. The van der Waals surface area contributed by atoms with Gasteiger partial charge >= 0.3 is 5.97 Å². The Morgan fingerprint density at radius 2 is 1.57 bits per heavy atom. The van der Waals surface area contributed by atoms with Crippen molar-refractivity contribution in [3.63, 3.8) is 0 Å². The molecule has 0 aliphatic carbocycles. The van der Waals surface area contributed by atoms with Crippen LogP contribution in [0, 0.1) is 5.92 Å². The van der Waals surface area contributed by atoms with Crippen LogP contribution < -0.4 is 32.3 Å². The maximum absolute atomic E-state index is 13.8. The number of carbonyl (C=O) groups is 8. The van der Waals surface area contributed by atoms with E-state index in [4.69, 9.17) is 10.5 Å². The number of hydrogen-bond acceptors (Lipinski definition) is 16. The number of nitrogens with one attached hydrogen (secondary N) is 5. The number of rotatable bonds is 19. The number of ether oxygens (including phenoxy) is 1. The van der Waals surface area contributed by atoms with E-state index >= 15 is 0 Å². The summed E-state index contributed by atoms with van der Waals surface area (Å²) in [6, 6.07) is -0.315. The smallest absolute Gasteiger partial charge is 0.328 e. The van der Waals surface area contributed by atoms with Crippen molar-refractivity contribution in [2.75, 3.05) is 38.6 Å². The van der Waals surface area contributed by atoms with Gasteiger partial charge in [-0.05, 0) is 30.5 Å². The maximum Gasteiger partial charge on any atom is 0.328 e. The van der Waals surface area contributed by atoms with Crippen molar-refractivity contribution >= 4 is 59.8 Å². The first-order chi connectivity index (χ1) is 26.5. The second kappa shape index (κ2) is 21.4. The van der Waals surface area contributed by atoms with Crippen molar-refractivity contribution in [1.82, 2.24) is 31.5 Å². The molecule has 0 aromatic heterocycles. The number of phenolic OH excluding ortho intramolecular Hbond substituents is 1. The predicted molar refractivity (Wildman–Crippen MR) is 192 cm³/mol. The first-order valence-electron chi connectivity index (χ1n) is 17.4. The second-order valence-electron chi connectivity index (χ2n) is 13.0. The Balaban J connectivity index is 1.70. The number of hydrogen-bond donors (Lipinski definition) is 13. The van der Waals surface area contributed by atoms with E-state index in [1.54, 1.807) is 0 Å². The van der Waals surface area contributed by atoms with Crippen molar-refractivity contribution < 1.29 is 73.7 Å². The third-order valence-electron chi connectivity index (χ3n) is 9.05. The summed E-state index contributed by atoms with van der Waals surface area (Å²) >= 11 is 3.89. The van der Waals surface area contributed by atoms with E-state index in [0.717, 1.165) is 4.90 Å². The fourth-order valence-electron chi connectivity index (χ4n) is 6.13. The van der Waals surface area contributed by atoms with E-state index in [-0.39, 0.29) is 25.1 Å². The van der Waals surface area contributed by atoms with Gasteiger partial charge in [-0.2, -0.15) is 12.6 Å². The number of phenols is 1. The summed E-state index contributed by atoms with van der Waals surface area (Å²) in [5.41, 5.74) is 5.87. The van der Waals surface area contributed by atoms with E-state index in [1.165, 1.54) is 24.3 Å². The number of likely N-dealkylation sites (tertiary alicyclic amines) is 1. The van der Waals surface area contributed by atoms with Crippen LogP contribution in [0.25, 0.3) is 0 Å². The molecule has 13 N–H and O–H groups in total. The van der Waals surface area contributed by atoms with Gasteiger partial charge < -0.3 is 72.6 Å². The van der Waals surface area contributed by atoms with Gasteiger partial charge in [0, 0.05) is 18.7 Å². The van der Waals surface area contributed by atoms with Gasteiger partial charge in [-0.15, -0.1) is 0 Å². The zero-order valence-corrected chi connectivity index (χ0v) is 30.8. The second-order valence-corrected chi connectivity index (χ2v) is 13.3. The largest absolute Gasteiger partial charge is 0.508 e. The van der Waals surface area contributed by atoms with Crippen molar-refractivity contribution in [1.29, 1.82) is 0 Å². The molecule has 2 fully saturated rings. The number of aliphatic hydroxyl groups excluding tert-OH is 4. The maximum atomic E-state index is 13.8. The quantitative estimate of drug-likeness (QED) is 0.0578. The molecular weight excluding hydrogens is 766 g/mol. The molecule has 22 nitrogen and oxygen atoms in total. The third-order valence-corrected chi connectivity index (χ3v) is 9.36. The molecule has 6 amide bonds. The Morgan fingerprint density at radius 1 is 0.911 bits per heavy atom. The summed E-state index contributed by atoms with van der Waals surface area (Å²) in [6.07, 6.45) is -6.95. The van der Waals surface area contributed by atoms with E-state index in [1.807, 2.05) is 0 Å². The lowest BCUT2D eigenvalue weighted by atomic mass is 9.87. The summed E-state index contributed by atoms with van der Waals surface area (Å²) in [5, 5.41) is 70.0. The first kappa shape index (κ1) is 45.5. The van der Waals surface area contributed by atoms with Crippen LogP contribution in [0.2, 0.25) is 0 Å². The molecule has 2 aliphatic rings. The number of amides is 6. The van der Waals surface area contributed by atoms with E-state index in [9.17, 15) is 69.0 Å². The Morgan fingerprint density at radius 3 is 2.16 bits per heavy atom. The lowest BCUT2D eigenvalue weighted by molar-refractivity contribution is -0.214. The minimum absolute atomic E-state index is 0.00325. The van der Waals surface area contributed by atoms with Gasteiger partial charge in [-0.1, -0.05) is 12.1 Å². The van der Waals surface area contributed by atoms with Crippen LogP contribution >= 0.6 is 12.6 Å². The Hall–Kier alpha value is -4.91. The molecule has 3 rings (SSSR count). The van der Waals surface area contributed by atoms with Crippen LogP contribution in [0.15, 0.2) is 24.3 Å². The number of nitrogens with two attached hydrogens (primary N) is 1. The highest BCUT2D eigenvalue weighted by atomic mass is 32.1. The highest BCUT2D eigenvalue weighted by molar-refractivity contribution is 7.81. The molecule has 1 aromatic rings. The molecule has 0 unspecified atom stereocenters. The van der Waals surface area contributed by atoms with Crippen molar-refractivity contribution in [2.45, 2.75) is 74.4 Å². The Kier molecular flexibility index (Phi) is 17.4. The lowest BCUT2D eigenvalue weighted by Gasteiger charge is -2.41. The van der Waals surface area contributed by atoms with E-state index in [0.29, 0.717) is 12.0 Å². The summed E-state index contributed by atoms with van der Waals surface area (Å²) in [6.45, 7) is -3.02. The molecule has 9 atom stereocenters. The zero-order valence-electron chi connectivity index (χ0n) is 29.9. The number of carboxylic acid groups (broad SMARTS) is 1. The third kappa shape index (κ3) is 12.3. The van der Waals surface area contributed by atoms with Gasteiger partial charge in [-0.25, -0.2) is 4.79 Å². The number of aliphatic hydroxyl groups is 4. The number of aromatic hydroxyl groups is 1. The predicted octanol–water partition coefficient (Wildman–Crippen LogP) is -6.41. The summed E-state index contributed by atoms with van der Waals surface area (Å²) < 4.78 is 5.47. The standard InChI is InChI=1S/C33H47N7O15S/c34-10-24(46)37-18(9-23(45)39-31-26(21(44)14-56)28(49)27(48)22(13-42)55-31)32(52)40-7-1-2-20(40)30(51)35-11-25(47)36-17(8-15-3-5-16(43)6-4-15)29(50)38-19(12-41)33(53)54/h3-6,17-20,22,26-28,31,41-43,48-49,56H,1-2,7-14,34H2,(H,35,51)(H,36,47)(H,37,46)(H,38,50)(H,39,45)(H,53,54)/t17-,18-,19-,20-,22+,26+,27+,28+,31+/m0/s1. The van der Waals surface area contributed by atoms with Gasteiger partial charge in [-0.3, -0.25) is 33.6 Å². The zero-order chi connectivity index (χ0) is 41.7. The van der Waals surface area contributed by atoms with Crippen LogP contribution in [0.5, 0.6) is 5.75 Å². The van der Waals surface area contributed by atoms with Crippen LogP contribution in [-0.2, 0) is 49.5 Å². The van der Waals surface area contributed by atoms with Gasteiger partial charge in [0.15, 0.2) is 5.78 Å². The molecule has 0 saturated carbocycles. The Labute approximate surface area is 324 Å². The molecule has 23 heteroatoms. The van der Waals surface area contributed by atoms with Gasteiger partial charge in [0.05, 0.1) is 44.7 Å². The topological polar surface area (TPSA) is 357 Å². The summed E-state index contributed by atoms with van der Waals surface area (Å²) in [4.78, 5) is 104. The fourth-order valence-corrected chi connectivity index (χ4v) is 6.34. The number of benzene rings is 1. The minimum Gasteiger partial charge on any atom is -0.508 e. The SMILES string of the molecule is NCC(=O)N[C@@H](CC(=O)N[C@@H]1O[C@H](CO)[C@@H](O)[C@H](O)[C@H]1C(=O)CS)C(=O)N1CCC[C@H]1C(=O)NCC(=O)N[C@@H](Cc1ccc(O)cc1)C(=O)N[C@@H](CO)C(=O)O. The molecule has 310 valence electrons. The molecule has 0 radical (unpaired) electrons. The lowest BCUT2D eigenvalue weighted by Crippen LogP contribution is -2.63. The van der Waals surface area contributed by atoms with E-state index < -0.39 is 140 Å². The molecule has 0 bridgehead atoms. The Bertz CT molecular complexity index is 1600. The van der Waals surface area contributed by atoms with Gasteiger partial charge in [0.2, 0.25) is 35.4 Å². The number of nitrogens with zero attached hydrogens (tertiary/aromatic N) is 1. The van der Waals surface area contributed by atoms with Crippen molar-refractivity contribution in [3.05, 3.63) is 29.8 Å².